The first kappa shape index (κ1) is 22.5. The molecule has 0 aliphatic carbocycles. The third-order valence-electron chi connectivity index (χ3n) is 4.92. The van der Waals surface area contributed by atoms with Crippen LogP contribution in [0.4, 0.5) is 0 Å². The van der Waals surface area contributed by atoms with Crippen LogP contribution in [-0.2, 0) is 9.22 Å². The van der Waals surface area contributed by atoms with E-state index in [1.807, 2.05) is 6.08 Å². The molecule has 0 rings (SSSR count). The molecular formula is C19H38O3Si. The summed E-state index contributed by atoms with van der Waals surface area (Å²) in [6.07, 6.45) is 4.71. The number of ketones is 1. The van der Waals surface area contributed by atoms with Gasteiger partial charge in [-0.2, -0.15) is 0 Å². The minimum atomic E-state index is -1.64. The van der Waals surface area contributed by atoms with E-state index in [-0.39, 0.29) is 10.8 Å². The summed E-state index contributed by atoms with van der Waals surface area (Å²) in [5.74, 6) is 0.455. The van der Waals surface area contributed by atoms with Crippen molar-refractivity contribution in [1.82, 2.24) is 0 Å². The van der Waals surface area contributed by atoms with Crippen molar-refractivity contribution in [3.8, 4) is 0 Å². The van der Waals surface area contributed by atoms with Gasteiger partial charge in [0.05, 0.1) is 0 Å². The predicted molar refractivity (Wildman–Crippen MR) is 101 cm³/mol. The highest BCUT2D eigenvalue weighted by Crippen LogP contribution is 2.36. The van der Waals surface area contributed by atoms with Crippen molar-refractivity contribution >= 4 is 14.1 Å². The molecule has 0 aromatic rings. The highest BCUT2D eigenvalue weighted by atomic mass is 28.4. The summed E-state index contributed by atoms with van der Waals surface area (Å²) in [5.41, 5.74) is 1.23. The van der Waals surface area contributed by atoms with Crippen molar-refractivity contribution < 1.29 is 14.3 Å². The summed E-state index contributed by atoms with van der Waals surface area (Å²) in [7, 11) is -1.64. The number of hydrogen-bond acceptors (Lipinski definition) is 3. The molecule has 23 heavy (non-hydrogen) atoms. The SMILES string of the molecule is CC(=CCC(=O)C(C)O)CCC[C@H](C)CO[Si](C)(C)C(C)(C)C. The topological polar surface area (TPSA) is 46.5 Å². The van der Waals surface area contributed by atoms with Crippen molar-refractivity contribution in [2.24, 2.45) is 5.92 Å². The summed E-state index contributed by atoms with van der Waals surface area (Å²) in [6, 6.07) is 0. The van der Waals surface area contributed by atoms with Crippen molar-refractivity contribution in [3.05, 3.63) is 11.6 Å². The molecule has 0 amide bonds. The second kappa shape index (κ2) is 9.75. The van der Waals surface area contributed by atoms with Crippen LogP contribution in [0.15, 0.2) is 11.6 Å². The summed E-state index contributed by atoms with van der Waals surface area (Å²) in [6.45, 7) is 18.1. The van der Waals surface area contributed by atoms with E-state index in [1.54, 1.807) is 0 Å². The molecule has 0 aliphatic rings. The lowest BCUT2D eigenvalue weighted by Gasteiger charge is -2.37. The van der Waals surface area contributed by atoms with Crippen LogP contribution < -0.4 is 0 Å². The van der Waals surface area contributed by atoms with E-state index in [4.69, 9.17) is 4.43 Å². The Labute approximate surface area is 144 Å². The third kappa shape index (κ3) is 9.43. The lowest BCUT2D eigenvalue weighted by molar-refractivity contribution is -0.125. The van der Waals surface area contributed by atoms with E-state index in [0.717, 1.165) is 25.9 Å². The zero-order valence-electron chi connectivity index (χ0n) is 16.5. The van der Waals surface area contributed by atoms with Gasteiger partial charge in [0.1, 0.15) is 6.10 Å². The molecule has 2 atom stereocenters. The summed E-state index contributed by atoms with van der Waals surface area (Å²) in [4.78, 5) is 11.4. The van der Waals surface area contributed by atoms with Gasteiger partial charge in [-0.3, -0.25) is 4.79 Å². The van der Waals surface area contributed by atoms with E-state index in [9.17, 15) is 9.90 Å². The van der Waals surface area contributed by atoms with Crippen LogP contribution in [0.1, 0.15) is 67.2 Å². The zero-order valence-corrected chi connectivity index (χ0v) is 17.5. The van der Waals surface area contributed by atoms with E-state index in [2.05, 4.69) is 47.7 Å². The molecule has 3 nitrogen and oxygen atoms in total. The molecule has 0 saturated carbocycles. The van der Waals surface area contributed by atoms with Crippen LogP contribution in [-0.4, -0.2) is 31.9 Å². The molecule has 0 spiro atoms. The van der Waals surface area contributed by atoms with Crippen LogP contribution in [0, 0.1) is 5.92 Å². The van der Waals surface area contributed by atoms with Crippen molar-refractivity contribution in [3.63, 3.8) is 0 Å². The first-order valence-corrected chi connectivity index (χ1v) is 11.8. The number of carbonyl (C=O) groups is 1. The van der Waals surface area contributed by atoms with Gasteiger partial charge in [0.25, 0.3) is 0 Å². The van der Waals surface area contributed by atoms with Gasteiger partial charge in [-0.05, 0) is 57.2 Å². The Morgan fingerprint density at radius 1 is 1.26 bits per heavy atom. The lowest BCUT2D eigenvalue weighted by Crippen LogP contribution is -2.41. The lowest BCUT2D eigenvalue weighted by atomic mass is 10.0. The Balaban J connectivity index is 4.05. The number of carbonyl (C=O) groups excluding carboxylic acids is 1. The first-order valence-electron chi connectivity index (χ1n) is 8.87. The van der Waals surface area contributed by atoms with E-state index in [1.165, 1.54) is 12.5 Å². The van der Waals surface area contributed by atoms with Gasteiger partial charge >= 0.3 is 0 Å². The summed E-state index contributed by atoms with van der Waals surface area (Å²) in [5, 5.41) is 9.44. The number of aliphatic hydroxyl groups is 1. The third-order valence-corrected chi connectivity index (χ3v) is 9.42. The molecule has 1 unspecified atom stereocenters. The largest absolute Gasteiger partial charge is 0.417 e. The average molecular weight is 343 g/mol. The minimum absolute atomic E-state index is 0.111. The molecule has 136 valence electrons. The standard InChI is InChI=1S/C19H38O3Si/c1-15(12-13-18(21)17(3)20)10-9-11-16(2)14-22-23(7,8)19(4,5)6/h12,16-17,20H,9-11,13-14H2,1-8H3/t16-,17?/m0/s1. The fourth-order valence-corrected chi connectivity index (χ4v) is 3.06. The zero-order chi connectivity index (χ0) is 18.3. The molecule has 0 bridgehead atoms. The maximum absolute atomic E-state index is 11.4. The van der Waals surface area contributed by atoms with Gasteiger partial charge in [0.2, 0.25) is 0 Å². The van der Waals surface area contributed by atoms with Gasteiger partial charge in [0.15, 0.2) is 14.1 Å². The number of aliphatic hydroxyl groups excluding tert-OH is 1. The van der Waals surface area contributed by atoms with Gasteiger partial charge in [-0.15, -0.1) is 0 Å². The second-order valence-electron chi connectivity index (χ2n) is 8.47. The molecule has 0 fully saturated rings. The van der Waals surface area contributed by atoms with Gasteiger partial charge in [0, 0.05) is 13.0 Å². The Kier molecular flexibility index (Phi) is 9.56. The summed E-state index contributed by atoms with van der Waals surface area (Å²) >= 11 is 0. The van der Waals surface area contributed by atoms with Crippen LogP contribution in [0.3, 0.4) is 0 Å². The Hall–Kier alpha value is -0.453. The smallest absolute Gasteiger partial charge is 0.191 e. The number of allylic oxidation sites excluding steroid dienone is 2. The van der Waals surface area contributed by atoms with Crippen LogP contribution in [0.5, 0.6) is 0 Å². The molecule has 0 radical (unpaired) electrons. The second-order valence-corrected chi connectivity index (χ2v) is 13.3. The van der Waals surface area contributed by atoms with E-state index >= 15 is 0 Å². The quantitative estimate of drug-likeness (QED) is 0.444. The molecule has 0 aromatic carbocycles. The molecule has 1 N–H and O–H groups in total. The van der Waals surface area contributed by atoms with Crippen LogP contribution in [0.2, 0.25) is 18.1 Å². The van der Waals surface area contributed by atoms with Crippen molar-refractivity contribution in [2.75, 3.05) is 6.61 Å². The Bertz CT molecular complexity index is 392. The maximum Gasteiger partial charge on any atom is 0.191 e. The molecule has 0 aromatic heterocycles. The maximum atomic E-state index is 11.4. The number of hydrogen-bond donors (Lipinski definition) is 1. The average Bonchev–Trinajstić information content (AvgIpc) is 2.41. The minimum Gasteiger partial charge on any atom is -0.417 e. The predicted octanol–water partition coefficient (Wildman–Crippen LogP) is 5.10. The molecule has 0 saturated heterocycles. The normalized spacial score (nSPS) is 16.3. The molecule has 0 heterocycles. The Morgan fingerprint density at radius 2 is 1.83 bits per heavy atom. The number of Topliss-reactive ketones (excluding diaryl/α,β-unsaturated/α-hetero) is 1. The first-order chi connectivity index (χ1) is 10.4. The summed E-state index contributed by atoms with van der Waals surface area (Å²) < 4.78 is 6.27. The molecule has 4 heteroatoms. The van der Waals surface area contributed by atoms with Crippen molar-refractivity contribution in [2.45, 2.75) is 91.5 Å². The fourth-order valence-electron chi connectivity index (χ4n) is 1.93. The van der Waals surface area contributed by atoms with Gasteiger partial charge in [-0.25, -0.2) is 0 Å². The van der Waals surface area contributed by atoms with E-state index in [0.29, 0.717) is 12.3 Å². The van der Waals surface area contributed by atoms with Crippen LogP contribution in [0.25, 0.3) is 0 Å². The highest BCUT2D eigenvalue weighted by Gasteiger charge is 2.37. The van der Waals surface area contributed by atoms with E-state index < -0.39 is 14.4 Å². The fraction of sp³-hybridized carbons (Fsp3) is 0.842. The van der Waals surface area contributed by atoms with Crippen LogP contribution >= 0.6 is 0 Å². The molecule has 0 aliphatic heterocycles. The van der Waals surface area contributed by atoms with Gasteiger partial charge in [-0.1, -0.05) is 39.3 Å². The Morgan fingerprint density at radius 3 is 2.30 bits per heavy atom. The monoisotopic (exact) mass is 342 g/mol. The number of rotatable bonds is 10. The highest BCUT2D eigenvalue weighted by molar-refractivity contribution is 6.74. The van der Waals surface area contributed by atoms with Crippen molar-refractivity contribution in [1.29, 1.82) is 0 Å². The molecular weight excluding hydrogens is 304 g/mol. The van der Waals surface area contributed by atoms with Gasteiger partial charge < -0.3 is 9.53 Å².